The van der Waals surface area contributed by atoms with Crippen LogP contribution in [0, 0.1) is 5.21 Å². The minimum atomic E-state index is -10.0. The quantitative estimate of drug-likeness (QED) is 0.0688. The van der Waals surface area contributed by atoms with Crippen LogP contribution in [0.1, 0.15) is 6.42 Å². The molecule has 318 valence electrons. The number of nitrogens with zero attached hydrogens (tertiary/aromatic N) is 1. The first kappa shape index (κ1) is 50.4. The predicted molar refractivity (Wildman–Crippen MR) is 108 cm³/mol. The second-order valence-electron chi connectivity index (χ2n) is 10.9. The summed E-state index contributed by atoms with van der Waals surface area (Å²) in [6.07, 6.45) is -9.24. The van der Waals surface area contributed by atoms with Gasteiger partial charge in [-0.2, -0.15) is 127 Å². The van der Waals surface area contributed by atoms with Crippen molar-refractivity contribution in [2.45, 2.75) is 89.6 Å². The van der Waals surface area contributed by atoms with Gasteiger partial charge in [0.25, 0.3) is 5.91 Å². The Labute approximate surface area is 271 Å². The van der Waals surface area contributed by atoms with Crippen molar-refractivity contribution in [2.75, 3.05) is 27.2 Å². The SMILES string of the molecule is C[N+](C)([O-])CCCNC(=O)C(F)(F)C(F)(F)C(F)(F)C(F)(F)C(F)(F)C(F)(F)C(F)(F)C(F)(F)C(F)(F)C(F)(F)C(F)(F)C(F)(F)C(F)(F)C(F)(F)F. The van der Waals surface area contributed by atoms with Crippen molar-refractivity contribution in [1.29, 1.82) is 0 Å². The summed E-state index contributed by atoms with van der Waals surface area (Å²) in [5.74, 6) is -126. The third-order valence-electron chi connectivity index (χ3n) is 6.53. The van der Waals surface area contributed by atoms with E-state index in [0.29, 0.717) is 5.32 Å². The average molecular weight is 864 g/mol. The van der Waals surface area contributed by atoms with Crippen molar-refractivity contribution in [3.63, 3.8) is 0 Å². The number of carbonyl (C=O) groups is 1. The number of amides is 1. The van der Waals surface area contributed by atoms with E-state index in [2.05, 4.69) is 0 Å². The van der Waals surface area contributed by atoms with Crippen molar-refractivity contribution in [3.8, 4) is 0 Å². The molecular formula is C20H13F29N2O2. The second-order valence-corrected chi connectivity index (χ2v) is 10.9. The van der Waals surface area contributed by atoms with Gasteiger partial charge in [0.2, 0.25) is 0 Å². The molecular weight excluding hydrogens is 851 g/mol. The van der Waals surface area contributed by atoms with Gasteiger partial charge in [-0.15, -0.1) is 0 Å². The molecule has 0 aliphatic carbocycles. The average Bonchev–Trinajstić information content (AvgIpc) is 2.92. The molecule has 0 rings (SSSR count). The summed E-state index contributed by atoms with van der Waals surface area (Å²) in [7, 11) is 1.53. The van der Waals surface area contributed by atoms with E-state index in [1.54, 1.807) is 0 Å². The third kappa shape index (κ3) is 6.72. The van der Waals surface area contributed by atoms with Gasteiger partial charge >= 0.3 is 83.2 Å². The molecule has 0 fully saturated rings. The highest BCUT2D eigenvalue weighted by Crippen LogP contribution is 2.69. The van der Waals surface area contributed by atoms with E-state index in [1.807, 2.05) is 0 Å². The van der Waals surface area contributed by atoms with E-state index in [1.165, 1.54) is 0 Å². The van der Waals surface area contributed by atoms with Crippen LogP contribution >= 0.6 is 0 Å². The number of quaternary nitrogens is 1. The number of hydroxylamine groups is 3. The molecule has 0 radical (unpaired) electrons. The number of rotatable bonds is 17. The highest BCUT2D eigenvalue weighted by molar-refractivity contribution is 5.84. The molecule has 1 N–H and O–H groups in total. The fourth-order valence-electron chi connectivity index (χ4n) is 3.26. The molecule has 4 nitrogen and oxygen atoms in total. The first-order valence-electron chi connectivity index (χ1n) is 12.2. The van der Waals surface area contributed by atoms with Gasteiger partial charge in [-0.1, -0.05) is 0 Å². The summed E-state index contributed by atoms with van der Waals surface area (Å²) in [6, 6.07) is 0. The molecule has 0 atom stereocenters. The van der Waals surface area contributed by atoms with E-state index in [4.69, 9.17) is 0 Å². The number of hydrogen-bond donors (Lipinski definition) is 1. The maximum Gasteiger partial charge on any atom is 0.460 e. The lowest BCUT2D eigenvalue weighted by molar-refractivity contribution is -0.840. The van der Waals surface area contributed by atoms with Crippen LogP contribution in [0.25, 0.3) is 0 Å². The second kappa shape index (κ2) is 13.0. The topological polar surface area (TPSA) is 52.2 Å². The first-order valence-corrected chi connectivity index (χ1v) is 12.2. The van der Waals surface area contributed by atoms with Crippen LogP contribution in [-0.4, -0.2) is 121 Å². The van der Waals surface area contributed by atoms with Gasteiger partial charge < -0.3 is 15.2 Å². The third-order valence-corrected chi connectivity index (χ3v) is 6.53. The molecule has 0 aliphatic rings. The van der Waals surface area contributed by atoms with Crippen LogP contribution in [0.4, 0.5) is 127 Å². The number of nitrogens with one attached hydrogen (secondary N) is 1. The summed E-state index contributed by atoms with van der Waals surface area (Å²) in [5.41, 5.74) is 0. The van der Waals surface area contributed by atoms with Crippen molar-refractivity contribution in [2.24, 2.45) is 0 Å². The standard InChI is InChI=1S/C20H13F29N2O2/c1-51(2,53)5-3-4-50-6(52)7(21,22)8(23,24)9(25,26)10(27,28)11(29,30)12(31,32)13(33,34)14(35,36)15(37,38)16(39,40)17(41,42)18(43,44)19(45,46)20(47,48)49/h3-5H2,1-2H3,(H,50,52). The summed E-state index contributed by atoms with van der Waals surface area (Å²) in [4.78, 5) is 11.3. The minimum Gasteiger partial charge on any atom is -0.633 e. The van der Waals surface area contributed by atoms with E-state index in [9.17, 15) is 137 Å². The van der Waals surface area contributed by atoms with E-state index in [-0.39, 0.29) is 0 Å². The zero-order chi connectivity index (χ0) is 43.9. The monoisotopic (exact) mass is 864 g/mol. The molecule has 0 aromatic rings. The fraction of sp³-hybridized carbons (Fsp3) is 0.950. The predicted octanol–water partition coefficient (Wildman–Crippen LogP) is 8.89. The van der Waals surface area contributed by atoms with Gasteiger partial charge in [-0.05, 0) is 0 Å². The van der Waals surface area contributed by atoms with E-state index >= 15 is 0 Å². The highest BCUT2D eigenvalue weighted by atomic mass is 19.4. The van der Waals surface area contributed by atoms with Gasteiger partial charge in [0.05, 0.1) is 20.6 Å². The molecule has 0 spiro atoms. The van der Waals surface area contributed by atoms with Crippen LogP contribution in [0.2, 0.25) is 0 Å². The molecule has 1 amide bonds. The Bertz CT molecular complexity index is 1330. The minimum absolute atomic E-state index is 0.480. The maximum absolute atomic E-state index is 14.0. The molecule has 0 saturated heterocycles. The van der Waals surface area contributed by atoms with Gasteiger partial charge in [0.15, 0.2) is 0 Å². The van der Waals surface area contributed by atoms with Gasteiger partial charge in [0.1, 0.15) is 0 Å². The molecule has 0 aromatic carbocycles. The molecule has 0 aromatic heterocycles. The fourth-order valence-corrected chi connectivity index (χ4v) is 3.26. The molecule has 53 heavy (non-hydrogen) atoms. The molecule has 0 heterocycles. The lowest BCUT2D eigenvalue weighted by Gasteiger charge is -2.46. The summed E-state index contributed by atoms with van der Waals surface area (Å²) in [5, 5.41) is 11.7. The molecule has 0 saturated carbocycles. The number of carbonyl (C=O) groups excluding carboxylic acids is 1. The molecule has 0 unspecified atom stereocenters. The Kier molecular flexibility index (Phi) is 12.3. The smallest absolute Gasteiger partial charge is 0.460 e. The van der Waals surface area contributed by atoms with Crippen LogP contribution in [-0.2, 0) is 4.79 Å². The lowest BCUT2D eigenvalue weighted by Crippen LogP contribution is -2.79. The Morgan fingerprint density at radius 3 is 0.830 bits per heavy atom. The molecule has 0 bridgehead atoms. The Morgan fingerprint density at radius 1 is 0.415 bits per heavy atom. The van der Waals surface area contributed by atoms with Crippen LogP contribution in [0.3, 0.4) is 0 Å². The van der Waals surface area contributed by atoms with Crippen molar-refractivity contribution < 1.29 is 137 Å². The van der Waals surface area contributed by atoms with Crippen molar-refractivity contribution in [1.82, 2.24) is 5.32 Å². The lowest BCUT2D eigenvalue weighted by atomic mass is 9.83. The molecule has 33 heteroatoms. The van der Waals surface area contributed by atoms with E-state index in [0.717, 1.165) is 14.1 Å². The zero-order valence-corrected chi connectivity index (χ0v) is 24.3. The van der Waals surface area contributed by atoms with Crippen molar-refractivity contribution in [3.05, 3.63) is 5.21 Å². The maximum atomic E-state index is 14.0. The largest absolute Gasteiger partial charge is 0.633 e. The number of alkyl halides is 29. The van der Waals surface area contributed by atoms with Crippen molar-refractivity contribution >= 4 is 5.91 Å². The van der Waals surface area contributed by atoms with E-state index < -0.39 is 113 Å². The van der Waals surface area contributed by atoms with Gasteiger partial charge in [0, 0.05) is 13.0 Å². The highest BCUT2D eigenvalue weighted by Gasteiger charge is 3.01. The van der Waals surface area contributed by atoms with Crippen LogP contribution in [0.15, 0.2) is 0 Å². The summed E-state index contributed by atoms with van der Waals surface area (Å²) < 4.78 is 391. The molecule has 0 aliphatic heterocycles. The van der Waals surface area contributed by atoms with Gasteiger partial charge in [-0.3, -0.25) is 4.79 Å². The normalized spacial score (nSPS) is 16.6. The number of hydrogen-bond acceptors (Lipinski definition) is 2. The van der Waals surface area contributed by atoms with Crippen LogP contribution < -0.4 is 5.32 Å². The zero-order valence-electron chi connectivity index (χ0n) is 24.3. The van der Waals surface area contributed by atoms with Gasteiger partial charge in [-0.25, -0.2) is 0 Å². The number of halogens is 29. The summed E-state index contributed by atoms with van der Waals surface area (Å²) in [6.45, 7) is -2.30. The summed E-state index contributed by atoms with van der Waals surface area (Å²) >= 11 is 0. The first-order chi connectivity index (χ1) is 22.4. The Balaban J connectivity index is 7.32. The Hall–Kier alpha value is -2.64. The Morgan fingerprint density at radius 2 is 0.623 bits per heavy atom. The van der Waals surface area contributed by atoms with Crippen LogP contribution in [0.5, 0.6) is 0 Å².